The predicted octanol–water partition coefficient (Wildman–Crippen LogP) is 2.57. The minimum Gasteiger partial charge on any atom is -0.494 e. The Morgan fingerprint density at radius 3 is 2.63 bits per heavy atom. The molecule has 1 amide bonds. The molecule has 1 aliphatic rings. The first kappa shape index (κ1) is 14.4. The van der Waals surface area contributed by atoms with Crippen molar-refractivity contribution < 1.29 is 9.53 Å². The van der Waals surface area contributed by atoms with Crippen molar-refractivity contribution in [1.29, 1.82) is 0 Å². The van der Waals surface area contributed by atoms with Crippen LogP contribution in [0.2, 0.25) is 10.0 Å². The SMILES string of the molecule is COc1c(Cl)cc(C(=O)N2CCC[C@@H]2CN)cc1Cl. The molecule has 1 aromatic carbocycles. The molecule has 0 saturated carbocycles. The van der Waals surface area contributed by atoms with Gasteiger partial charge < -0.3 is 15.4 Å². The van der Waals surface area contributed by atoms with E-state index in [1.807, 2.05) is 0 Å². The van der Waals surface area contributed by atoms with Crippen LogP contribution in [0.25, 0.3) is 0 Å². The molecule has 0 unspecified atom stereocenters. The number of ether oxygens (including phenoxy) is 1. The number of nitrogens with two attached hydrogens (primary N) is 1. The first-order valence-electron chi connectivity index (χ1n) is 6.12. The first-order chi connectivity index (χ1) is 9.08. The fourth-order valence-corrected chi connectivity index (χ4v) is 3.03. The van der Waals surface area contributed by atoms with Crippen molar-refractivity contribution in [1.82, 2.24) is 4.90 Å². The van der Waals surface area contributed by atoms with E-state index in [0.29, 0.717) is 27.9 Å². The summed E-state index contributed by atoms with van der Waals surface area (Å²) >= 11 is 12.1. The summed E-state index contributed by atoms with van der Waals surface area (Å²) in [4.78, 5) is 14.2. The van der Waals surface area contributed by atoms with E-state index in [1.54, 1.807) is 17.0 Å². The normalized spacial score (nSPS) is 18.7. The smallest absolute Gasteiger partial charge is 0.254 e. The van der Waals surface area contributed by atoms with E-state index < -0.39 is 0 Å². The Kier molecular flexibility index (Phi) is 4.55. The maximum atomic E-state index is 12.4. The molecule has 2 rings (SSSR count). The van der Waals surface area contributed by atoms with Gasteiger partial charge >= 0.3 is 0 Å². The monoisotopic (exact) mass is 302 g/mol. The number of rotatable bonds is 3. The second kappa shape index (κ2) is 5.99. The highest BCUT2D eigenvalue weighted by molar-refractivity contribution is 6.37. The number of methoxy groups -OCH3 is 1. The highest BCUT2D eigenvalue weighted by Crippen LogP contribution is 2.34. The molecule has 2 N–H and O–H groups in total. The van der Waals surface area contributed by atoms with Crippen molar-refractivity contribution >= 4 is 29.1 Å². The Bertz CT molecular complexity index is 471. The first-order valence-corrected chi connectivity index (χ1v) is 6.88. The number of benzene rings is 1. The Labute approximate surface area is 122 Å². The number of halogens is 2. The minimum absolute atomic E-state index is 0.0839. The molecule has 4 nitrogen and oxygen atoms in total. The Morgan fingerprint density at radius 2 is 2.11 bits per heavy atom. The summed E-state index contributed by atoms with van der Waals surface area (Å²) in [6.45, 7) is 1.20. The van der Waals surface area contributed by atoms with Gasteiger partial charge in [0, 0.05) is 24.7 Å². The molecule has 0 spiro atoms. The van der Waals surface area contributed by atoms with Crippen molar-refractivity contribution in [3.8, 4) is 5.75 Å². The second-order valence-corrected chi connectivity index (χ2v) is 5.32. The number of carbonyl (C=O) groups is 1. The lowest BCUT2D eigenvalue weighted by atomic mass is 10.1. The summed E-state index contributed by atoms with van der Waals surface area (Å²) < 4.78 is 5.07. The molecule has 0 aliphatic carbocycles. The molecule has 0 bridgehead atoms. The van der Waals surface area contributed by atoms with Gasteiger partial charge in [-0.1, -0.05) is 23.2 Å². The predicted molar refractivity (Wildman–Crippen MR) is 76.1 cm³/mol. The molecule has 0 aromatic heterocycles. The van der Waals surface area contributed by atoms with Crippen molar-refractivity contribution in [3.05, 3.63) is 27.7 Å². The molecular weight excluding hydrogens is 287 g/mol. The average molecular weight is 303 g/mol. The standard InChI is InChI=1S/C13H16Cl2N2O2/c1-19-12-10(14)5-8(6-11(12)15)13(18)17-4-2-3-9(17)7-16/h5-6,9H,2-4,7,16H2,1H3/t9-/m1/s1. The lowest BCUT2D eigenvalue weighted by Crippen LogP contribution is -2.39. The fourth-order valence-electron chi connectivity index (χ4n) is 2.39. The molecule has 1 heterocycles. The lowest BCUT2D eigenvalue weighted by molar-refractivity contribution is 0.0741. The third kappa shape index (κ3) is 2.81. The molecule has 1 aliphatic heterocycles. The van der Waals surface area contributed by atoms with Gasteiger partial charge in [0.15, 0.2) is 5.75 Å². The summed E-state index contributed by atoms with van der Waals surface area (Å²) in [5, 5.41) is 0.670. The van der Waals surface area contributed by atoms with Crippen molar-refractivity contribution in [3.63, 3.8) is 0 Å². The van der Waals surface area contributed by atoms with Gasteiger partial charge in [-0.05, 0) is 25.0 Å². The molecular formula is C13H16Cl2N2O2. The summed E-state index contributed by atoms with van der Waals surface area (Å²) in [7, 11) is 1.49. The number of hydrogen-bond donors (Lipinski definition) is 1. The molecule has 1 saturated heterocycles. The molecule has 104 valence electrons. The van der Waals surface area contributed by atoms with E-state index in [1.165, 1.54) is 7.11 Å². The van der Waals surface area contributed by atoms with Gasteiger partial charge in [-0.15, -0.1) is 0 Å². The van der Waals surface area contributed by atoms with E-state index in [0.717, 1.165) is 19.4 Å². The number of hydrogen-bond acceptors (Lipinski definition) is 3. The Morgan fingerprint density at radius 1 is 1.47 bits per heavy atom. The molecule has 1 aromatic rings. The third-order valence-electron chi connectivity index (χ3n) is 3.36. The maximum Gasteiger partial charge on any atom is 0.254 e. The van der Waals surface area contributed by atoms with E-state index in [4.69, 9.17) is 33.7 Å². The van der Waals surface area contributed by atoms with Crippen LogP contribution in [0.3, 0.4) is 0 Å². The van der Waals surface area contributed by atoms with Crippen LogP contribution < -0.4 is 10.5 Å². The highest BCUT2D eigenvalue weighted by atomic mass is 35.5. The van der Waals surface area contributed by atoms with Crippen LogP contribution in [0.15, 0.2) is 12.1 Å². The van der Waals surface area contributed by atoms with Gasteiger partial charge in [-0.2, -0.15) is 0 Å². The molecule has 1 fully saturated rings. The minimum atomic E-state index is -0.0839. The summed E-state index contributed by atoms with van der Waals surface area (Å²) in [6.07, 6.45) is 1.92. The summed E-state index contributed by atoms with van der Waals surface area (Å²) in [5.74, 6) is 0.302. The number of nitrogens with zero attached hydrogens (tertiary/aromatic N) is 1. The molecule has 6 heteroatoms. The lowest BCUT2D eigenvalue weighted by Gasteiger charge is -2.23. The average Bonchev–Trinajstić information content (AvgIpc) is 2.85. The fraction of sp³-hybridized carbons (Fsp3) is 0.462. The summed E-state index contributed by atoms with van der Waals surface area (Å²) in [5.41, 5.74) is 6.15. The van der Waals surface area contributed by atoms with E-state index >= 15 is 0 Å². The van der Waals surface area contributed by atoms with Crippen molar-refractivity contribution in [2.45, 2.75) is 18.9 Å². The van der Waals surface area contributed by atoms with Crippen LogP contribution in [0.5, 0.6) is 5.75 Å². The van der Waals surface area contributed by atoms with Crippen LogP contribution in [0, 0.1) is 0 Å². The van der Waals surface area contributed by atoms with Crippen molar-refractivity contribution in [2.24, 2.45) is 5.73 Å². The van der Waals surface area contributed by atoms with E-state index in [-0.39, 0.29) is 11.9 Å². The zero-order valence-electron chi connectivity index (χ0n) is 10.7. The van der Waals surface area contributed by atoms with Gasteiger partial charge in [0.25, 0.3) is 5.91 Å². The molecule has 0 radical (unpaired) electrons. The summed E-state index contributed by atoms with van der Waals surface area (Å²) in [6, 6.07) is 3.27. The van der Waals surface area contributed by atoms with Crippen LogP contribution in [0.4, 0.5) is 0 Å². The van der Waals surface area contributed by atoms with Gasteiger partial charge in [0.05, 0.1) is 17.2 Å². The van der Waals surface area contributed by atoms with Crippen LogP contribution in [0.1, 0.15) is 23.2 Å². The van der Waals surface area contributed by atoms with Crippen LogP contribution in [-0.4, -0.2) is 37.0 Å². The Hall–Kier alpha value is -0.970. The topological polar surface area (TPSA) is 55.6 Å². The maximum absolute atomic E-state index is 12.4. The van der Waals surface area contributed by atoms with Gasteiger partial charge in [0.1, 0.15) is 0 Å². The van der Waals surface area contributed by atoms with Gasteiger partial charge in [-0.25, -0.2) is 0 Å². The molecule has 19 heavy (non-hydrogen) atoms. The third-order valence-corrected chi connectivity index (χ3v) is 3.92. The van der Waals surface area contributed by atoms with Crippen LogP contribution >= 0.6 is 23.2 Å². The van der Waals surface area contributed by atoms with Gasteiger partial charge in [0.2, 0.25) is 0 Å². The second-order valence-electron chi connectivity index (χ2n) is 4.50. The number of likely N-dealkylation sites (tertiary alicyclic amines) is 1. The zero-order chi connectivity index (χ0) is 14.0. The number of amides is 1. The van der Waals surface area contributed by atoms with Crippen LogP contribution in [-0.2, 0) is 0 Å². The zero-order valence-corrected chi connectivity index (χ0v) is 12.2. The Balaban J connectivity index is 2.29. The quantitative estimate of drug-likeness (QED) is 0.933. The molecule has 1 atom stereocenters. The highest BCUT2D eigenvalue weighted by Gasteiger charge is 2.29. The van der Waals surface area contributed by atoms with E-state index in [9.17, 15) is 4.79 Å². The largest absolute Gasteiger partial charge is 0.494 e. The number of carbonyl (C=O) groups excluding carboxylic acids is 1. The van der Waals surface area contributed by atoms with Gasteiger partial charge in [-0.3, -0.25) is 4.79 Å². The van der Waals surface area contributed by atoms with E-state index in [2.05, 4.69) is 0 Å². The van der Waals surface area contributed by atoms with Crippen molar-refractivity contribution in [2.75, 3.05) is 20.2 Å².